The third kappa shape index (κ3) is 5.04. The number of rotatable bonds is 8. The predicted octanol–water partition coefficient (Wildman–Crippen LogP) is 2.90. The lowest BCUT2D eigenvalue weighted by molar-refractivity contribution is -0.223. The Bertz CT molecular complexity index is 1030. The number of aliphatic carboxylic acids is 1. The summed E-state index contributed by atoms with van der Waals surface area (Å²) in [5, 5.41) is 45.3. The Kier molecular flexibility index (Phi) is 7.90. The summed E-state index contributed by atoms with van der Waals surface area (Å²) in [6, 6.07) is -0.998. The summed E-state index contributed by atoms with van der Waals surface area (Å²) in [6.07, 6.45) is 8.68. The highest BCUT2D eigenvalue weighted by atomic mass is 16.4. The zero-order chi connectivity index (χ0) is 28.1. The first-order valence-electron chi connectivity index (χ1n) is 15.0. The molecular formula is C30H47N3O6. The van der Waals surface area contributed by atoms with Crippen LogP contribution in [0.1, 0.15) is 84.3 Å². The van der Waals surface area contributed by atoms with Crippen LogP contribution in [0.3, 0.4) is 0 Å². The van der Waals surface area contributed by atoms with E-state index in [2.05, 4.69) is 36.1 Å². The molecule has 39 heavy (non-hydrogen) atoms. The molecule has 0 radical (unpaired) electrons. The van der Waals surface area contributed by atoms with Crippen molar-refractivity contribution < 1.29 is 30.0 Å². The minimum absolute atomic E-state index is 0.0410. The zero-order valence-electron chi connectivity index (χ0n) is 23.6. The molecule has 1 aromatic rings. The van der Waals surface area contributed by atoms with Crippen LogP contribution in [-0.2, 0) is 16.0 Å². The average Bonchev–Trinajstić information content (AvgIpc) is 3.53. The van der Waals surface area contributed by atoms with Gasteiger partial charge in [-0.05, 0) is 97.7 Å². The maximum absolute atomic E-state index is 12.7. The number of aromatic amines is 1. The SMILES string of the molecule is C[C@H](CCC(=O)N[C@@H](Cc1cnc[nH]1)C(=O)O)[C@H]1CC[C@H]2[C@@H]3[C@@H](O)[C@H](O)[C@@H]4C[C@H](O)CC[C@]4(C)[C@H]3CC[C@]12C. The Morgan fingerprint density at radius 2 is 1.77 bits per heavy atom. The number of carboxylic acid groups (broad SMARTS) is 1. The number of fused-ring (bicyclic) bond motifs is 5. The molecule has 1 heterocycles. The van der Waals surface area contributed by atoms with E-state index >= 15 is 0 Å². The van der Waals surface area contributed by atoms with Gasteiger partial charge in [-0.3, -0.25) is 4.79 Å². The van der Waals surface area contributed by atoms with Gasteiger partial charge in [-0.2, -0.15) is 0 Å². The lowest BCUT2D eigenvalue weighted by atomic mass is 9.43. The van der Waals surface area contributed by atoms with Gasteiger partial charge < -0.3 is 30.7 Å². The van der Waals surface area contributed by atoms with E-state index in [4.69, 9.17) is 0 Å². The smallest absolute Gasteiger partial charge is 0.326 e. The molecule has 1 amide bonds. The normalized spacial score (nSPS) is 43.0. The number of hydrogen-bond acceptors (Lipinski definition) is 6. The highest BCUT2D eigenvalue weighted by Gasteiger charge is 2.65. The van der Waals surface area contributed by atoms with E-state index < -0.39 is 24.2 Å². The van der Waals surface area contributed by atoms with Crippen LogP contribution in [0.2, 0.25) is 0 Å². The fraction of sp³-hybridized carbons (Fsp3) is 0.833. The number of nitrogens with one attached hydrogen (secondary N) is 2. The first-order valence-corrected chi connectivity index (χ1v) is 15.0. The van der Waals surface area contributed by atoms with Crippen molar-refractivity contribution in [3.63, 3.8) is 0 Å². The van der Waals surface area contributed by atoms with E-state index in [-0.39, 0.29) is 53.4 Å². The number of aliphatic hydroxyl groups excluding tert-OH is 3. The summed E-state index contributed by atoms with van der Waals surface area (Å²) >= 11 is 0. The van der Waals surface area contributed by atoms with Crippen LogP contribution in [-0.4, -0.2) is 66.6 Å². The van der Waals surface area contributed by atoms with Crippen molar-refractivity contribution in [1.29, 1.82) is 0 Å². The van der Waals surface area contributed by atoms with Crippen molar-refractivity contribution in [3.05, 3.63) is 18.2 Å². The van der Waals surface area contributed by atoms with Gasteiger partial charge in [0.05, 0.1) is 24.6 Å². The third-order valence-corrected chi connectivity index (χ3v) is 11.9. The summed E-state index contributed by atoms with van der Waals surface area (Å²) in [5.41, 5.74) is 0.651. The number of carbonyl (C=O) groups is 2. The molecule has 4 fully saturated rings. The molecular weight excluding hydrogens is 498 g/mol. The molecule has 0 unspecified atom stereocenters. The van der Waals surface area contributed by atoms with Gasteiger partial charge in [0.15, 0.2) is 0 Å². The molecule has 1 aromatic heterocycles. The fourth-order valence-electron chi connectivity index (χ4n) is 9.86. The Hall–Kier alpha value is -1.97. The highest BCUT2D eigenvalue weighted by Crippen LogP contribution is 2.68. The number of carboxylic acids is 1. The number of carbonyl (C=O) groups excluding carboxylic acids is 1. The quantitative estimate of drug-likeness (QED) is 0.293. The van der Waals surface area contributed by atoms with Gasteiger partial charge in [0.2, 0.25) is 5.91 Å². The first-order chi connectivity index (χ1) is 18.5. The number of imidazole rings is 1. The summed E-state index contributed by atoms with van der Waals surface area (Å²) < 4.78 is 0. The van der Waals surface area contributed by atoms with Gasteiger partial charge in [-0.25, -0.2) is 9.78 Å². The second kappa shape index (κ2) is 10.8. The van der Waals surface area contributed by atoms with Crippen molar-refractivity contribution in [2.24, 2.45) is 46.3 Å². The Morgan fingerprint density at radius 1 is 1.05 bits per heavy atom. The molecule has 9 heteroatoms. The van der Waals surface area contributed by atoms with Crippen LogP contribution >= 0.6 is 0 Å². The molecule has 0 aromatic carbocycles. The maximum Gasteiger partial charge on any atom is 0.326 e. The summed E-state index contributed by atoms with van der Waals surface area (Å²) in [5.74, 6) is 0.0872. The van der Waals surface area contributed by atoms with Crippen molar-refractivity contribution in [2.75, 3.05) is 0 Å². The Morgan fingerprint density at radius 3 is 2.46 bits per heavy atom. The van der Waals surface area contributed by atoms with E-state index in [1.54, 1.807) is 6.20 Å². The minimum Gasteiger partial charge on any atom is -0.480 e. The van der Waals surface area contributed by atoms with Crippen molar-refractivity contribution >= 4 is 11.9 Å². The summed E-state index contributed by atoms with van der Waals surface area (Å²) in [6.45, 7) is 6.87. The molecule has 0 spiro atoms. The second-order valence-electron chi connectivity index (χ2n) is 13.8. The Balaban J connectivity index is 1.23. The lowest BCUT2D eigenvalue weighted by Crippen LogP contribution is -2.64. The number of aromatic nitrogens is 2. The molecule has 4 saturated carbocycles. The van der Waals surface area contributed by atoms with Crippen LogP contribution in [0.5, 0.6) is 0 Å². The molecule has 218 valence electrons. The van der Waals surface area contributed by atoms with Crippen molar-refractivity contribution in [3.8, 4) is 0 Å². The number of hydrogen-bond donors (Lipinski definition) is 6. The predicted molar refractivity (Wildman–Crippen MR) is 144 cm³/mol. The number of H-pyrrole nitrogens is 1. The topological polar surface area (TPSA) is 156 Å². The highest BCUT2D eigenvalue weighted by molar-refractivity contribution is 5.83. The Labute approximate surface area is 231 Å². The molecule has 6 N–H and O–H groups in total. The monoisotopic (exact) mass is 545 g/mol. The van der Waals surface area contributed by atoms with Crippen LogP contribution in [0, 0.1) is 46.3 Å². The molecule has 12 atom stereocenters. The standard InChI is InChI=1S/C30H47N3O6/c1-16(4-7-24(35)33-23(28(38)39)12-17-14-31-15-32-17)19-5-6-20-25-21(9-11-29(19,20)2)30(3)10-8-18(34)13-22(30)26(36)27(25)37/h14-16,18-23,25-27,34,36-37H,4-13H2,1-3H3,(H,31,32)(H,33,35)(H,38,39)/t16-,18-,19-,20+,21+,22+,23+,25+,26-,27-,29-,30-/m1/s1. The number of aliphatic hydroxyl groups is 3. The second-order valence-corrected chi connectivity index (χ2v) is 13.8. The minimum atomic E-state index is -1.06. The molecule has 0 saturated heterocycles. The fourth-order valence-corrected chi connectivity index (χ4v) is 9.86. The number of amides is 1. The largest absolute Gasteiger partial charge is 0.480 e. The van der Waals surface area contributed by atoms with Gasteiger partial charge in [-0.15, -0.1) is 0 Å². The average molecular weight is 546 g/mol. The van der Waals surface area contributed by atoms with E-state index in [1.165, 1.54) is 6.33 Å². The van der Waals surface area contributed by atoms with Crippen LogP contribution < -0.4 is 5.32 Å². The van der Waals surface area contributed by atoms with Gasteiger partial charge in [0.1, 0.15) is 6.04 Å². The van der Waals surface area contributed by atoms with Crippen LogP contribution in [0.15, 0.2) is 12.5 Å². The van der Waals surface area contributed by atoms with E-state index in [9.17, 15) is 30.0 Å². The van der Waals surface area contributed by atoms with Crippen LogP contribution in [0.25, 0.3) is 0 Å². The molecule has 0 bridgehead atoms. The van der Waals surface area contributed by atoms with Crippen molar-refractivity contribution in [1.82, 2.24) is 15.3 Å². The van der Waals surface area contributed by atoms with Gasteiger partial charge in [-0.1, -0.05) is 20.8 Å². The summed E-state index contributed by atoms with van der Waals surface area (Å²) in [4.78, 5) is 31.3. The third-order valence-electron chi connectivity index (χ3n) is 11.9. The van der Waals surface area contributed by atoms with Gasteiger partial charge >= 0.3 is 5.97 Å². The van der Waals surface area contributed by atoms with E-state index in [0.29, 0.717) is 36.3 Å². The molecule has 5 rings (SSSR count). The van der Waals surface area contributed by atoms with E-state index in [0.717, 1.165) is 38.5 Å². The van der Waals surface area contributed by atoms with Gasteiger partial charge in [0.25, 0.3) is 0 Å². The zero-order valence-corrected chi connectivity index (χ0v) is 23.6. The van der Waals surface area contributed by atoms with Gasteiger partial charge in [0, 0.05) is 24.7 Å². The van der Waals surface area contributed by atoms with Crippen LogP contribution in [0.4, 0.5) is 0 Å². The lowest BCUT2D eigenvalue weighted by Gasteiger charge is -2.63. The number of nitrogens with zero attached hydrogens (tertiary/aromatic N) is 1. The maximum atomic E-state index is 12.7. The molecule has 4 aliphatic carbocycles. The van der Waals surface area contributed by atoms with Crippen molar-refractivity contribution in [2.45, 2.75) is 109 Å². The first kappa shape index (κ1) is 28.6. The molecule has 4 aliphatic rings. The van der Waals surface area contributed by atoms with E-state index in [1.807, 2.05) is 0 Å². The summed E-state index contributed by atoms with van der Waals surface area (Å²) in [7, 11) is 0. The molecule has 0 aliphatic heterocycles. The molecule has 9 nitrogen and oxygen atoms in total.